The Labute approximate surface area is 157 Å². The number of oxazole rings is 1. The number of hydrogen-bond donors (Lipinski definition) is 2. The lowest BCUT2D eigenvalue weighted by atomic mass is 10.2. The summed E-state index contributed by atoms with van der Waals surface area (Å²) in [7, 11) is 2.05. The summed E-state index contributed by atoms with van der Waals surface area (Å²) in [6.45, 7) is 2.92. The van der Waals surface area contributed by atoms with Crippen LogP contribution >= 0.6 is 0 Å². The van der Waals surface area contributed by atoms with Gasteiger partial charge in [0.2, 0.25) is 5.89 Å². The average molecular weight is 366 g/mol. The number of hydrogen-bond acceptors (Lipinski definition) is 5. The fourth-order valence-corrected chi connectivity index (χ4v) is 3.06. The van der Waals surface area contributed by atoms with Gasteiger partial charge in [-0.25, -0.2) is 9.78 Å². The first kappa shape index (κ1) is 17.5. The van der Waals surface area contributed by atoms with Crippen molar-refractivity contribution >= 4 is 22.8 Å². The van der Waals surface area contributed by atoms with Crippen LogP contribution in [0.5, 0.6) is 0 Å². The molecule has 2 N–H and O–H groups in total. The number of aromatic nitrogens is 1. The van der Waals surface area contributed by atoms with Gasteiger partial charge >= 0.3 is 6.03 Å². The Morgan fingerprint density at radius 1 is 1.22 bits per heavy atom. The molecule has 0 bridgehead atoms. The fraction of sp³-hybridized carbons (Fsp3) is 0.300. The summed E-state index contributed by atoms with van der Waals surface area (Å²) < 4.78 is 11.4. The predicted octanol–water partition coefficient (Wildman–Crippen LogP) is 2.95. The molecule has 0 radical (unpaired) electrons. The van der Waals surface area contributed by atoms with Crippen LogP contribution in [0.25, 0.3) is 22.6 Å². The number of urea groups is 1. The van der Waals surface area contributed by atoms with Crippen molar-refractivity contribution in [1.29, 1.82) is 0 Å². The van der Waals surface area contributed by atoms with Gasteiger partial charge in [-0.05, 0) is 43.4 Å². The molecule has 0 aliphatic carbocycles. The molecule has 1 fully saturated rings. The smallest absolute Gasteiger partial charge is 0.319 e. The third-order valence-corrected chi connectivity index (χ3v) is 4.52. The molecule has 3 aromatic rings. The van der Waals surface area contributed by atoms with Crippen LogP contribution in [0.1, 0.15) is 0 Å². The third kappa shape index (κ3) is 4.27. The number of benzene rings is 2. The van der Waals surface area contributed by atoms with Crippen LogP contribution in [0.3, 0.4) is 0 Å². The summed E-state index contributed by atoms with van der Waals surface area (Å²) in [6, 6.07) is 14.8. The van der Waals surface area contributed by atoms with E-state index < -0.39 is 0 Å². The minimum atomic E-state index is -0.249. The summed E-state index contributed by atoms with van der Waals surface area (Å²) in [4.78, 5) is 18.8. The van der Waals surface area contributed by atoms with Gasteiger partial charge in [-0.3, -0.25) is 0 Å². The number of rotatable bonds is 4. The lowest BCUT2D eigenvalue weighted by Gasteiger charge is -2.30. The summed E-state index contributed by atoms with van der Waals surface area (Å²) in [6.07, 6.45) is 0.0241. The van der Waals surface area contributed by atoms with Gasteiger partial charge in [0.05, 0.1) is 12.7 Å². The van der Waals surface area contributed by atoms with Crippen molar-refractivity contribution < 1.29 is 13.9 Å². The van der Waals surface area contributed by atoms with E-state index in [0.717, 1.165) is 29.8 Å². The predicted molar refractivity (Wildman–Crippen MR) is 104 cm³/mol. The normalized spacial score (nSPS) is 17.7. The Morgan fingerprint density at radius 3 is 2.81 bits per heavy atom. The number of nitrogens with one attached hydrogen (secondary N) is 2. The average Bonchev–Trinajstić information content (AvgIpc) is 3.11. The van der Waals surface area contributed by atoms with Crippen molar-refractivity contribution in [3.63, 3.8) is 0 Å². The van der Waals surface area contributed by atoms with E-state index in [1.54, 1.807) is 0 Å². The van der Waals surface area contributed by atoms with Crippen molar-refractivity contribution in [2.45, 2.75) is 6.10 Å². The van der Waals surface area contributed by atoms with E-state index in [2.05, 4.69) is 20.5 Å². The van der Waals surface area contributed by atoms with E-state index in [1.807, 2.05) is 55.6 Å². The first-order valence-electron chi connectivity index (χ1n) is 8.98. The fourth-order valence-electron chi connectivity index (χ4n) is 3.06. The molecule has 1 aliphatic heterocycles. The van der Waals surface area contributed by atoms with Crippen LogP contribution in [-0.4, -0.2) is 55.3 Å². The van der Waals surface area contributed by atoms with Gasteiger partial charge in [-0.15, -0.1) is 0 Å². The van der Waals surface area contributed by atoms with Gasteiger partial charge in [-0.2, -0.15) is 0 Å². The molecule has 7 nitrogen and oxygen atoms in total. The molecule has 1 saturated heterocycles. The van der Waals surface area contributed by atoms with Crippen LogP contribution in [0.2, 0.25) is 0 Å². The first-order valence-corrected chi connectivity index (χ1v) is 8.98. The Morgan fingerprint density at radius 2 is 2.04 bits per heavy atom. The second kappa shape index (κ2) is 7.77. The molecular weight excluding hydrogens is 344 g/mol. The van der Waals surface area contributed by atoms with Crippen LogP contribution in [0, 0.1) is 0 Å². The summed E-state index contributed by atoms with van der Waals surface area (Å²) in [5.74, 6) is 0.561. The van der Waals surface area contributed by atoms with Gasteiger partial charge in [0.25, 0.3) is 0 Å². The highest BCUT2D eigenvalue weighted by Gasteiger charge is 2.18. The Kier molecular flexibility index (Phi) is 5.04. The van der Waals surface area contributed by atoms with Crippen molar-refractivity contribution in [2.24, 2.45) is 0 Å². The molecule has 2 aromatic carbocycles. The van der Waals surface area contributed by atoms with E-state index >= 15 is 0 Å². The lowest BCUT2D eigenvalue weighted by Crippen LogP contribution is -2.46. The maximum Gasteiger partial charge on any atom is 0.319 e. The number of carbonyl (C=O) groups is 1. The molecule has 27 heavy (non-hydrogen) atoms. The zero-order chi connectivity index (χ0) is 18.6. The SMILES string of the molecule is CN1CCO[C@H](CNC(=O)Nc2ccc(-c3nc4ccccc4o3)cc2)C1. The summed E-state index contributed by atoms with van der Waals surface area (Å²) in [5, 5.41) is 5.68. The van der Waals surface area contributed by atoms with Crippen molar-refractivity contribution in [2.75, 3.05) is 38.6 Å². The highest BCUT2D eigenvalue weighted by molar-refractivity contribution is 5.89. The van der Waals surface area contributed by atoms with E-state index in [1.165, 1.54) is 0 Å². The van der Waals surface area contributed by atoms with Crippen molar-refractivity contribution in [3.8, 4) is 11.5 Å². The van der Waals surface area contributed by atoms with Crippen molar-refractivity contribution in [1.82, 2.24) is 15.2 Å². The molecule has 0 spiro atoms. The molecule has 1 atom stereocenters. The molecule has 2 amide bonds. The first-order chi connectivity index (χ1) is 13.2. The van der Waals surface area contributed by atoms with Crippen LogP contribution in [-0.2, 0) is 4.74 Å². The number of likely N-dealkylation sites (N-methyl/N-ethyl adjacent to an activating group) is 1. The van der Waals surface area contributed by atoms with E-state index in [0.29, 0.717) is 24.7 Å². The number of carbonyl (C=O) groups excluding carboxylic acids is 1. The highest BCUT2D eigenvalue weighted by atomic mass is 16.5. The standard InChI is InChI=1S/C20H22N4O3/c1-24-10-11-26-16(13-24)12-21-20(25)22-15-8-6-14(7-9-15)19-23-17-4-2-3-5-18(17)27-19/h2-9,16H,10-13H2,1H3,(H2,21,22,25)/t16-/m1/s1. The van der Waals surface area contributed by atoms with E-state index in [-0.39, 0.29) is 12.1 Å². The number of fused-ring (bicyclic) bond motifs is 1. The lowest BCUT2D eigenvalue weighted by molar-refractivity contribution is -0.0166. The topological polar surface area (TPSA) is 79.6 Å². The largest absolute Gasteiger partial charge is 0.436 e. The second-order valence-corrected chi connectivity index (χ2v) is 6.65. The third-order valence-electron chi connectivity index (χ3n) is 4.52. The highest BCUT2D eigenvalue weighted by Crippen LogP contribution is 2.25. The summed E-state index contributed by atoms with van der Waals surface area (Å²) in [5.41, 5.74) is 3.14. The molecule has 0 saturated carbocycles. The molecule has 4 rings (SSSR count). The molecular formula is C20H22N4O3. The minimum Gasteiger partial charge on any atom is -0.436 e. The molecule has 140 valence electrons. The number of anilines is 1. The van der Waals surface area contributed by atoms with Crippen LogP contribution < -0.4 is 10.6 Å². The zero-order valence-electron chi connectivity index (χ0n) is 15.1. The Bertz CT molecular complexity index is 889. The molecule has 1 aromatic heterocycles. The Balaban J connectivity index is 1.34. The molecule has 2 heterocycles. The van der Waals surface area contributed by atoms with Gasteiger partial charge in [0.15, 0.2) is 5.58 Å². The number of para-hydroxylation sites is 2. The second-order valence-electron chi connectivity index (χ2n) is 6.65. The van der Waals surface area contributed by atoms with Gasteiger partial charge in [-0.1, -0.05) is 12.1 Å². The van der Waals surface area contributed by atoms with E-state index in [4.69, 9.17) is 9.15 Å². The van der Waals surface area contributed by atoms with Gasteiger partial charge in [0, 0.05) is 30.9 Å². The number of ether oxygens (including phenoxy) is 1. The molecule has 0 unspecified atom stereocenters. The Hall–Kier alpha value is -2.90. The molecule has 7 heteroatoms. The van der Waals surface area contributed by atoms with Crippen LogP contribution in [0.15, 0.2) is 52.9 Å². The van der Waals surface area contributed by atoms with Gasteiger partial charge in [0.1, 0.15) is 5.52 Å². The monoisotopic (exact) mass is 366 g/mol. The minimum absolute atomic E-state index is 0.0241. The van der Waals surface area contributed by atoms with E-state index in [9.17, 15) is 4.79 Å². The van der Waals surface area contributed by atoms with Gasteiger partial charge < -0.3 is 24.7 Å². The number of nitrogens with zero attached hydrogens (tertiary/aromatic N) is 2. The maximum atomic E-state index is 12.1. The number of amides is 2. The van der Waals surface area contributed by atoms with Crippen molar-refractivity contribution in [3.05, 3.63) is 48.5 Å². The molecule has 1 aliphatic rings. The van der Waals surface area contributed by atoms with Crippen LogP contribution in [0.4, 0.5) is 10.5 Å². The quantitative estimate of drug-likeness (QED) is 0.742. The zero-order valence-corrected chi connectivity index (χ0v) is 15.1. The maximum absolute atomic E-state index is 12.1. The number of morpholine rings is 1. The summed E-state index contributed by atoms with van der Waals surface area (Å²) >= 11 is 0.